The van der Waals surface area contributed by atoms with Gasteiger partial charge >= 0.3 is 0 Å². The Labute approximate surface area is 55.1 Å². The Hall–Kier alpha value is -1.05. The first-order chi connectivity index (χ1) is 4.16. The Morgan fingerprint density at radius 1 is 1.44 bits per heavy atom. The largest absolute Gasteiger partial charge is 0.366 e. The molecule has 0 aliphatic carbocycles. The van der Waals surface area contributed by atoms with Crippen molar-refractivity contribution in [3.63, 3.8) is 0 Å². The molecule has 0 saturated heterocycles. The molecule has 0 atom stereocenters. The lowest BCUT2D eigenvalue weighted by Crippen LogP contribution is -2.05. The van der Waals surface area contributed by atoms with E-state index in [0.717, 1.165) is 5.57 Å². The Bertz CT molecular complexity index is 156. The van der Waals surface area contributed by atoms with Crippen LogP contribution in [0.15, 0.2) is 23.8 Å². The summed E-state index contributed by atoms with van der Waals surface area (Å²) in [5.41, 5.74) is 5.88. The molecule has 0 rings (SSSR count). The second-order valence-electron chi connectivity index (χ2n) is 1.77. The molecule has 2 N–H and O–H groups in total. The van der Waals surface area contributed by atoms with Gasteiger partial charge in [0.1, 0.15) is 0 Å². The summed E-state index contributed by atoms with van der Waals surface area (Å²) >= 11 is 0. The van der Waals surface area contributed by atoms with Crippen LogP contribution in [0.5, 0.6) is 0 Å². The monoisotopic (exact) mass is 125 g/mol. The summed E-state index contributed by atoms with van der Waals surface area (Å²) in [6, 6.07) is 0. The van der Waals surface area contributed by atoms with Crippen molar-refractivity contribution in [3.8, 4) is 0 Å². The van der Waals surface area contributed by atoms with Gasteiger partial charge in [-0.05, 0) is 13.8 Å². The fourth-order valence-electron chi connectivity index (χ4n) is 0.310. The standard InChI is InChI=1S/C7H11NO/c1-3-6(2)4-5-7(8)9/h3-5H,1-2H3,(H2,8,9). The molecule has 0 aromatic heterocycles. The molecule has 1 amide bonds. The fraction of sp³-hybridized carbons (Fsp3) is 0.286. The lowest BCUT2D eigenvalue weighted by molar-refractivity contribution is -0.113. The van der Waals surface area contributed by atoms with E-state index in [2.05, 4.69) is 0 Å². The van der Waals surface area contributed by atoms with Crippen LogP contribution >= 0.6 is 0 Å². The van der Waals surface area contributed by atoms with Gasteiger partial charge in [-0.2, -0.15) is 0 Å². The average Bonchev–Trinajstić information content (AvgIpc) is 1.83. The van der Waals surface area contributed by atoms with E-state index in [1.807, 2.05) is 19.9 Å². The Morgan fingerprint density at radius 3 is 2.33 bits per heavy atom. The van der Waals surface area contributed by atoms with Gasteiger partial charge < -0.3 is 5.73 Å². The lowest BCUT2D eigenvalue weighted by atomic mass is 10.2. The van der Waals surface area contributed by atoms with E-state index in [9.17, 15) is 4.79 Å². The highest BCUT2D eigenvalue weighted by Crippen LogP contribution is 1.91. The number of nitrogens with two attached hydrogens (primary N) is 1. The number of hydrogen-bond donors (Lipinski definition) is 1. The predicted molar refractivity (Wildman–Crippen MR) is 37.8 cm³/mol. The van der Waals surface area contributed by atoms with Crippen molar-refractivity contribution >= 4 is 5.91 Å². The van der Waals surface area contributed by atoms with Crippen molar-refractivity contribution in [3.05, 3.63) is 23.8 Å². The van der Waals surface area contributed by atoms with Crippen molar-refractivity contribution in [2.24, 2.45) is 5.73 Å². The Morgan fingerprint density at radius 2 is 2.00 bits per heavy atom. The maximum atomic E-state index is 10.1. The maximum Gasteiger partial charge on any atom is 0.241 e. The molecule has 0 aliphatic rings. The summed E-state index contributed by atoms with van der Waals surface area (Å²) in [7, 11) is 0. The van der Waals surface area contributed by atoms with E-state index in [1.165, 1.54) is 6.08 Å². The highest BCUT2D eigenvalue weighted by molar-refractivity contribution is 5.86. The van der Waals surface area contributed by atoms with Crippen molar-refractivity contribution in [2.45, 2.75) is 13.8 Å². The minimum atomic E-state index is -0.406. The first-order valence-corrected chi connectivity index (χ1v) is 2.77. The van der Waals surface area contributed by atoms with Gasteiger partial charge in [0.05, 0.1) is 0 Å². The third-order valence-corrected chi connectivity index (χ3v) is 0.966. The Kier molecular flexibility index (Phi) is 3.44. The highest BCUT2D eigenvalue weighted by atomic mass is 16.1. The predicted octanol–water partition coefficient (Wildman–Crippen LogP) is 0.994. The number of rotatable bonds is 2. The molecule has 0 aliphatic heterocycles. The fourth-order valence-corrected chi connectivity index (χ4v) is 0.310. The van der Waals surface area contributed by atoms with E-state index >= 15 is 0 Å². The van der Waals surface area contributed by atoms with Gasteiger partial charge in [-0.25, -0.2) is 0 Å². The average molecular weight is 125 g/mol. The minimum absolute atomic E-state index is 0.406. The van der Waals surface area contributed by atoms with Gasteiger partial charge in [0.2, 0.25) is 5.91 Å². The van der Waals surface area contributed by atoms with E-state index in [4.69, 9.17) is 5.73 Å². The van der Waals surface area contributed by atoms with Crippen LogP contribution in [0.4, 0.5) is 0 Å². The second kappa shape index (κ2) is 3.89. The van der Waals surface area contributed by atoms with Crippen LogP contribution in [0.25, 0.3) is 0 Å². The maximum absolute atomic E-state index is 10.1. The summed E-state index contributed by atoms with van der Waals surface area (Å²) in [6.07, 6.45) is 4.93. The normalized spacial score (nSPS) is 12.4. The third-order valence-electron chi connectivity index (χ3n) is 0.966. The number of carbonyl (C=O) groups is 1. The van der Waals surface area contributed by atoms with E-state index in [0.29, 0.717) is 0 Å². The van der Waals surface area contributed by atoms with Gasteiger partial charge in [0.15, 0.2) is 0 Å². The molecule has 2 nitrogen and oxygen atoms in total. The minimum Gasteiger partial charge on any atom is -0.366 e. The molecule has 0 fully saturated rings. The molecular weight excluding hydrogens is 114 g/mol. The zero-order chi connectivity index (χ0) is 7.28. The van der Waals surface area contributed by atoms with Crippen molar-refractivity contribution in [2.75, 3.05) is 0 Å². The molecule has 9 heavy (non-hydrogen) atoms. The van der Waals surface area contributed by atoms with E-state index < -0.39 is 5.91 Å². The van der Waals surface area contributed by atoms with Crippen LogP contribution in [0.3, 0.4) is 0 Å². The van der Waals surface area contributed by atoms with Crippen LogP contribution in [-0.2, 0) is 4.79 Å². The topological polar surface area (TPSA) is 43.1 Å². The first-order valence-electron chi connectivity index (χ1n) is 2.77. The van der Waals surface area contributed by atoms with Crippen molar-refractivity contribution < 1.29 is 4.79 Å². The number of allylic oxidation sites excluding steroid dienone is 3. The summed E-state index contributed by atoms with van der Waals surface area (Å²) in [4.78, 5) is 10.1. The lowest BCUT2D eigenvalue weighted by Gasteiger charge is -1.84. The second-order valence-corrected chi connectivity index (χ2v) is 1.77. The summed E-state index contributed by atoms with van der Waals surface area (Å²) in [6.45, 7) is 3.81. The van der Waals surface area contributed by atoms with Crippen LogP contribution in [-0.4, -0.2) is 5.91 Å². The van der Waals surface area contributed by atoms with Crippen LogP contribution in [0, 0.1) is 0 Å². The summed E-state index contributed by atoms with van der Waals surface area (Å²) < 4.78 is 0. The number of hydrogen-bond acceptors (Lipinski definition) is 1. The molecular formula is C7H11NO. The van der Waals surface area contributed by atoms with Gasteiger partial charge in [0.25, 0.3) is 0 Å². The number of carbonyl (C=O) groups excluding carboxylic acids is 1. The molecule has 0 radical (unpaired) electrons. The zero-order valence-corrected chi connectivity index (χ0v) is 5.72. The van der Waals surface area contributed by atoms with Crippen LogP contribution < -0.4 is 5.73 Å². The SMILES string of the molecule is CC=C(C)C=CC(N)=O. The quantitative estimate of drug-likeness (QED) is 0.434. The van der Waals surface area contributed by atoms with E-state index in [1.54, 1.807) is 6.08 Å². The van der Waals surface area contributed by atoms with Crippen molar-refractivity contribution in [1.82, 2.24) is 0 Å². The van der Waals surface area contributed by atoms with Gasteiger partial charge in [0, 0.05) is 6.08 Å². The zero-order valence-electron chi connectivity index (χ0n) is 5.72. The first kappa shape index (κ1) is 7.95. The van der Waals surface area contributed by atoms with E-state index in [-0.39, 0.29) is 0 Å². The van der Waals surface area contributed by atoms with Crippen LogP contribution in [0.1, 0.15) is 13.8 Å². The number of amides is 1. The molecule has 0 aromatic carbocycles. The number of primary amides is 1. The van der Waals surface area contributed by atoms with Gasteiger partial charge in [-0.15, -0.1) is 0 Å². The highest BCUT2D eigenvalue weighted by Gasteiger charge is 1.81. The van der Waals surface area contributed by atoms with Crippen molar-refractivity contribution in [1.29, 1.82) is 0 Å². The van der Waals surface area contributed by atoms with Gasteiger partial charge in [-0.1, -0.05) is 17.7 Å². The van der Waals surface area contributed by atoms with Gasteiger partial charge in [-0.3, -0.25) is 4.79 Å². The molecule has 0 aromatic rings. The van der Waals surface area contributed by atoms with Crippen LogP contribution in [0.2, 0.25) is 0 Å². The molecule has 0 bridgehead atoms. The summed E-state index contributed by atoms with van der Waals surface area (Å²) in [5.74, 6) is -0.406. The third kappa shape index (κ3) is 4.81. The molecule has 2 heteroatoms. The summed E-state index contributed by atoms with van der Waals surface area (Å²) in [5, 5.41) is 0. The molecule has 0 spiro atoms. The molecule has 50 valence electrons. The molecule has 0 heterocycles. The molecule has 0 saturated carbocycles. The molecule has 0 unspecified atom stereocenters. The smallest absolute Gasteiger partial charge is 0.241 e. The Balaban J connectivity index is 3.86.